The van der Waals surface area contributed by atoms with Crippen LogP contribution >= 0.6 is 0 Å². The molecule has 0 aliphatic carbocycles. The Morgan fingerprint density at radius 1 is 1.24 bits per heavy atom. The quantitative estimate of drug-likeness (QED) is 0.864. The molecular weight excluding hydrogens is 292 g/mol. The minimum absolute atomic E-state index is 0.175. The third-order valence-electron chi connectivity index (χ3n) is 3.43. The SMILES string of the molecule is COc1cc(NC(=O)N2CCCC2)c([S+](C)[O-])cc1OC. The summed E-state index contributed by atoms with van der Waals surface area (Å²) in [5, 5.41) is 2.82. The van der Waals surface area contributed by atoms with E-state index in [0.29, 0.717) is 22.1 Å². The minimum atomic E-state index is -1.25. The van der Waals surface area contributed by atoms with Gasteiger partial charge < -0.3 is 24.2 Å². The number of ether oxygens (including phenoxy) is 2. The summed E-state index contributed by atoms with van der Waals surface area (Å²) in [6.45, 7) is 1.51. The molecule has 1 N–H and O–H groups in total. The number of carbonyl (C=O) groups is 1. The second kappa shape index (κ2) is 6.91. The van der Waals surface area contributed by atoms with Crippen LogP contribution in [0.1, 0.15) is 12.8 Å². The summed E-state index contributed by atoms with van der Waals surface area (Å²) in [4.78, 5) is 14.5. The average Bonchev–Trinajstić information content (AvgIpc) is 3.00. The number of carbonyl (C=O) groups excluding carboxylic acids is 1. The molecule has 1 unspecified atom stereocenters. The van der Waals surface area contributed by atoms with Gasteiger partial charge in [-0.05, 0) is 24.0 Å². The van der Waals surface area contributed by atoms with Gasteiger partial charge in [0, 0.05) is 25.2 Å². The molecule has 1 heterocycles. The second-order valence-corrected chi connectivity index (χ2v) is 6.13. The standard InChI is InChI=1S/C14H20N2O4S/c1-19-11-8-10(13(21(3)18)9-12(11)20-2)15-14(17)16-6-4-5-7-16/h8-9H,4-7H2,1-3H3,(H,15,17). The van der Waals surface area contributed by atoms with Crippen LogP contribution in [0, 0.1) is 0 Å². The van der Waals surface area contributed by atoms with Gasteiger partial charge in [-0.2, -0.15) is 0 Å². The number of urea groups is 1. The molecule has 1 aromatic rings. The Kier molecular flexibility index (Phi) is 5.19. The van der Waals surface area contributed by atoms with Gasteiger partial charge in [0.2, 0.25) is 0 Å². The lowest BCUT2D eigenvalue weighted by atomic mass is 10.2. The van der Waals surface area contributed by atoms with Crippen molar-refractivity contribution in [1.82, 2.24) is 4.90 Å². The number of methoxy groups -OCH3 is 2. The van der Waals surface area contributed by atoms with E-state index in [1.165, 1.54) is 14.2 Å². The van der Waals surface area contributed by atoms with Crippen LogP contribution in [0.15, 0.2) is 17.0 Å². The van der Waals surface area contributed by atoms with E-state index < -0.39 is 11.2 Å². The van der Waals surface area contributed by atoms with Gasteiger partial charge in [0.25, 0.3) is 0 Å². The lowest BCUT2D eigenvalue weighted by Crippen LogP contribution is -2.32. The lowest BCUT2D eigenvalue weighted by Gasteiger charge is -2.19. The Bertz CT molecular complexity index is 516. The summed E-state index contributed by atoms with van der Waals surface area (Å²) in [5.74, 6) is 0.977. The monoisotopic (exact) mass is 312 g/mol. The van der Waals surface area contributed by atoms with E-state index in [1.54, 1.807) is 23.3 Å². The van der Waals surface area contributed by atoms with Crippen LogP contribution in [-0.2, 0) is 11.2 Å². The molecule has 0 saturated carbocycles. The maximum atomic E-state index is 12.2. The van der Waals surface area contributed by atoms with Gasteiger partial charge in [0.05, 0.1) is 14.2 Å². The number of likely N-dealkylation sites (tertiary alicyclic amines) is 1. The summed E-state index contributed by atoms with van der Waals surface area (Å²) in [5.41, 5.74) is 0.491. The molecule has 1 fully saturated rings. The molecule has 1 saturated heterocycles. The number of benzene rings is 1. The Labute approximate surface area is 127 Å². The van der Waals surface area contributed by atoms with Crippen molar-refractivity contribution < 1.29 is 18.8 Å². The van der Waals surface area contributed by atoms with E-state index in [2.05, 4.69) is 5.32 Å². The highest BCUT2D eigenvalue weighted by Crippen LogP contribution is 2.35. The fourth-order valence-corrected chi connectivity index (χ4v) is 3.00. The topological polar surface area (TPSA) is 73.9 Å². The minimum Gasteiger partial charge on any atom is -0.612 e. The normalized spacial score (nSPS) is 15.7. The Morgan fingerprint density at radius 2 is 1.81 bits per heavy atom. The first-order valence-corrected chi connectivity index (χ1v) is 8.28. The van der Waals surface area contributed by atoms with Gasteiger partial charge >= 0.3 is 6.03 Å². The Balaban J connectivity index is 2.29. The number of hydrogen-bond donors (Lipinski definition) is 1. The number of anilines is 1. The number of rotatable bonds is 4. The maximum Gasteiger partial charge on any atom is 0.321 e. The van der Waals surface area contributed by atoms with Gasteiger partial charge in [-0.25, -0.2) is 4.79 Å². The van der Waals surface area contributed by atoms with Crippen molar-refractivity contribution in [3.05, 3.63) is 12.1 Å². The molecule has 116 valence electrons. The van der Waals surface area contributed by atoms with Crippen molar-refractivity contribution in [2.75, 3.05) is 38.9 Å². The van der Waals surface area contributed by atoms with Crippen LogP contribution in [0.3, 0.4) is 0 Å². The third-order valence-corrected chi connectivity index (χ3v) is 4.39. The van der Waals surface area contributed by atoms with Gasteiger partial charge in [-0.1, -0.05) is 0 Å². The first kappa shape index (κ1) is 15.8. The largest absolute Gasteiger partial charge is 0.612 e. The Hall–Kier alpha value is -1.60. The van der Waals surface area contributed by atoms with E-state index >= 15 is 0 Å². The molecule has 0 spiro atoms. The molecule has 1 atom stereocenters. The van der Waals surface area contributed by atoms with Crippen LogP contribution in [0.4, 0.5) is 10.5 Å². The molecule has 0 bridgehead atoms. The van der Waals surface area contributed by atoms with Crippen molar-refractivity contribution in [1.29, 1.82) is 0 Å². The number of amides is 2. The summed E-state index contributed by atoms with van der Waals surface area (Å²) in [7, 11) is 3.04. The van der Waals surface area contributed by atoms with Crippen molar-refractivity contribution in [2.45, 2.75) is 17.7 Å². The van der Waals surface area contributed by atoms with E-state index in [0.717, 1.165) is 25.9 Å². The summed E-state index contributed by atoms with van der Waals surface area (Å²) < 4.78 is 22.3. The van der Waals surface area contributed by atoms with Crippen molar-refractivity contribution in [3.63, 3.8) is 0 Å². The fraction of sp³-hybridized carbons (Fsp3) is 0.500. The predicted molar refractivity (Wildman–Crippen MR) is 81.7 cm³/mol. The van der Waals surface area contributed by atoms with Crippen molar-refractivity contribution >= 4 is 22.9 Å². The number of nitrogens with one attached hydrogen (secondary N) is 1. The molecule has 1 aliphatic heterocycles. The zero-order valence-electron chi connectivity index (χ0n) is 12.5. The van der Waals surface area contributed by atoms with Crippen LogP contribution in [0.2, 0.25) is 0 Å². The van der Waals surface area contributed by atoms with E-state index in [9.17, 15) is 9.35 Å². The fourth-order valence-electron chi connectivity index (χ4n) is 2.31. The highest BCUT2D eigenvalue weighted by Gasteiger charge is 2.23. The molecule has 0 radical (unpaired) electrons. The number of hydrogen-bond acceptors (Lipinski definition) is 4. The van der Waals surface area contributed by atoms with Gasteiger partial charge in [0.15, 0.2) is 16.4 Å². The van der Waals surface area contributed by atoms with E-state index in [1.807, 2.05) is 0 Å². The second-order valence-electron chi connectivity index (χ2n) is 4.78. The van der Waals surface area contributed by atoms with Gasteiger partial charge in [-0.3, -0.25) is 0 Å². The third kappa shape index (κ3) is 3.54. The molecule has 2 rings (SSSR count). The van der Waals surface area contributed by atoms with E-state index in [4.69, 9.17) is 9.47 Å². The van der Waals surface area contributed by atoms with Gasteiger partial charge in [0.1, 0.15) is 11.9 Å². The molecule has 21 heavy (non-hydrogen) atoms. The van der Waals surface area contributed by atoms with Crippen LogP contribution in [0.5, 0.6) is 11.5 Å². The molecule has 6 nitrogen and oxygen atoms in total. The highest BCUT2D eigenvalue weighted by atomic mass is 32.2. The number of nitrogens with zero attached hydrogens (tertiary/aromatic N) is 1. The summed E-state index contributed by atoms with van der Waals surface area (Å²) in [6, 6.07) is 3.10. The van der Waals surface area contributed by atoms with Crippen LogP contribution in [0.25, 0.3) is 0 Å². The molecule has 1 aliphatic rings. The summed E-state index contributed by atoms with van der Waals surface area (Å²) >= 11 is -1.25. The first-order chi connectivity index (χ1) is 10.1. The summed E-state index contributed by atoms with van der Waals surface area (Å²) in [6.07, 6.45) is 3.60. The van der Waals surface area contributed by atoms with Gasteiger partial charge in [-0.15, -0.1) is 0 Å². The maximum absolute atomic E-state index is 12.2. The molecule has 0 aromatic heterocycles. The van der Waals surface area contributed by atoms with Crippen molar-refractivity contribution in [2.24, 2.45) is 0 Å². The smallest absolute Gasteiger partial charge is 0.321 e. The molecule has 1 aromatic carbocycles. The average molecular weight is 312 g/mol. The highest BCUT2D eigenvalue weighted by molar-refractivity contribution is 7.90. The predicted octanol–water partition coefficient (Wildman–Crippen LogP) is 2.07. The molecule has 2 amide bonds. The van der Waals surface area contributed by atoms with E-state index in [-0.39, 0.29) is 6.03 Å². The zero-order chi connectivity index (χ0) is 15.4. The first-order valence-electron chi connectivity index (χ1n) is 6.72. The molecular formula is C14H20N2O4S. The molecule has 7 heteroatoms. The van der Waals surface area contributed by atoms with Crippen LogP contribution in [-0.4, -0.2) is 49.0 Å². The Morgan fingerprint density at radius 3 is 2.33 bits per heavy atom. The van der Waals surface area contributed by atoms with Crippen molar-refractivity contribution in [3.8, 4) is 11.5 Å². The van der Waals surface area contributed by atoms with Crippen LogP contribution < -0.4 is 14.8 Å². The zero-order valence-corrected chi connectivity index (χ0v) is 13.3. The lowest BCUT2D eigenvalue weighted by molar-refractivity contribution is 0.222.